The molecule has 1 saturated carbocycles. The van der Waals surface area contributed by atoms with Gasteiger partial charge in [0.15, 0.2) is 0 Å². The molecule has 4 atom stereocenters. The lowest BCUT2D eigenvalue weighted by molar-refractivity contribution is -0.145. The Labute approximate surface area is 179 Å². The van der Waals surface area contributed by atoms with Gasteiger partial charge in [-0.1, -0.05) is 24.4 Å². The second-order valence-corrected chi connectivity index (χ2v) is 9.89. The summed E-state index contributed by atoms with van der Waals surface area (Å²) in [6, 6.07) is 5.01. The fraction of sp³-hybridized carbons (Fsp3) is 0.571. The molecule has 3 aliphatic heterocycles. The Morgan fingerprint density at radius 2 is 1.97 bits per heavy atom. The molecule has 4 aliphatic rings. The van der Waals surface area contributed by atoms with E-state index in [4.69, 9.17) is 11.6 Å². The maximum absolute atomic E-state index is 13.7. The summed E-state index contributed by atoms with van der Waals surface area (Å²) in [4.78, 5) is 41.9. The topological polar surface area (TPSA) is 78.5 Å². The molecule has 3 fully saturated rings. The summed E-state index contributed by atoms with van der Waals surface area (Å²) in [6.07, 6.45) is 6.55. The first kappa shape index (κ1) is 19.4. The van der Waals surface area contributed by atoms with E-state index in [0.717, 1.165) is 37.9 Å². The molecule has 29 heavy (non-hydrogen) atoms. The van der Waals surface area contributed by atoms with Gasteiger partial charge in [-0.05, 0) is 49.5 Å². The van der Waals surface area contributed by atoms with Gasteiger partial charge in [0.25, 0.3) is 0 Å². The predicted octanol–water partition coefficient (Wildman–Crippen LogP) is 2.76. The van der Waals surface area contributed by atoms with Crippen LogP contribution in [0.1, 0.15) is 37.7 Å². The molecule has 6 nitrogen and oxygen atoms in total. The number of amides is 3. The first-order valence-corrected chi connectivity index (χ1v) is 12.0. The highest BCUT2D eigenvalue weighted by Gasteiger charge is 2.70. The molecule has 5 rings (SSSR count). The van der Waals surface area contributed by atoms with E-state index in [1.54, 1.807) is 30.0 Å². The summed E-state index contributed by atoms with van der Waals surface area (Å²) in [5.41, 5.74) is 0.121. The van der Waals surface area contributed by atoms with Crippen LogP contribution in [0.2, 0.25) is 5.02 Å². The minimum absolute atomic E-state index is 0.0258. The van der Waals surface area contributed by atoms with Crippen molar-refractivity contribution >= 4 is 46.8 Å². The highest BCUT2D eigenvalue weighted by molar-refractivity contribution is 7.98. The summed E-state index contributed by atoms with van der Waals surface area (Å²) < 4.78 is 0. The van der Waals surface area contributed by atoms with Crippen LogP contribution in [-0.2, 0) is 19.9 Å². The van der Waals surface area contributed by atoms with Crippen molar-refractivity contribution < 1.29 is 14.4 Å². The number of rotatable bonds is 4. The van der Waals surface area contributed by atoms with Crippen LogP contribution in [0.5, 0.6) is 0 Å². The Morgan fingerprint density at radius 1 is 1.21 bits per heavy atom. The van der Waals surface area contributed by atoms with Gasteiger partial charge >= 0.3 is 0 Å². The number of halogens is 1. The number of nitrogens with zero attached hydrogens (tertiary/aromatic N) is 1. The van der Waals surface area contributed by atoms with E-state index in [0.29, 0.717) is 16.3 Å². The third kappa shape index (κ3) is 2.63. The van der Waals surface area contributed by atoms with Gasteiger partial charge < -0.3 is 5.32 Å². The van der Waals surface area contributed by atoms with Crippen LogP contribution < -0.4 is 10.6 Å². The maximum Gasteiger partial charge on any atom is 0.250 e. The normalized spacial score (nSPS) is 33.7. The van der Waals surface area contributed by atoms with Gasteiger partial charge in [0.2, 0.25) is 17.7 Å². The number of anilines is 1. The SMILES string of the molecule is CSCC[C@H]1N[C@@]2(C(=O)Nc3ccc(Cl)cc32)[C@H]2C(=O)N(C3CCCC3)C(=O)[C@H]12. The van der Waals surface area contributed by atoms with Gasteiger partial charge in [-0.3, -0.25) is 24.6 Å². The minimum atomic E-state index is -1.23. The minimum Gasteiger partial charge on any atom is -0.324 e. The van der Waals surface area contributed by atoms with Crippen LogP contribution in [0, 0.1) is 11.8 Å². The molecule has 1 aromatic rings. The lowest BCUT2D eigenvalue weighted by Gasteiger charge is -2.31. The van der Waals surface area contributed by atoms with E-state index < -0.39 is 17.4 Å². The molecule has 8 heteroatoms. The fourth-order valence-corrected chi connectivity index (χ4v) is 6.47. The number of hydrogen-bond acceptors (Lipinski definition) is 5. The molecule has 3 heterocycles. The number of imide groups is 1. The van der Waals surface area contributed by atoms with E-state index in [1.807, 2.05) is 6.26 Å². The van der Waals surface area contributed by atoms with Crippen LogP contribution in [0.3, 0.4) is 0 Å². The average molecular weight is 434 g/mol. The molecule has 1 aliphatic carbocycles. The van der Waals surface area contributed by atoms with E-state index in [-0.39, 0.29) is 29.8 Å². The molecule has 1 aromatic carbocycles. The summed E-state index contributed by atoms with van der Waals surface area (Å²) in [7, 11) is 0. The summed E-state index contributed by atoms with van der Waals surface area (Å²) in [6.45, 7) is 0. The monoisotopic (exact) mass is 433 g/mol. The Balaban J connectivity index is 1.63. The van der Waals surface area contributed by atoms with Crippen LogP contribution >= 0.6 is 23.4 Å². The maximum atomic E-state index is 13.7. The average Bonchev–Trinajstić information content (AvgIpc) is 3.43. The summed E-state index contributed by atoms with van der Waals surface area (Å²) in [5.74, 6) is -0.940. The van der Waals surface area contributed by atoms with Gasteiger partial charge in [0.1, 0.15) is 5.54 Å². The molecule has 0 radical (unpaired) electrons. The van der Waals surface area contributed by atoms with Crippen molar-refractivity contribution in [3.63, 3.8) is 0 Å². The van der Waals surface area contributed by atoms with E-state index in [9.17, 15) is 14.4 Å². The number of nitrogens with one attached hydrogen (secondary N) is 2. The second-order valence-electron chi connectivity index (χ2n) is 8.47. The van der Waals surface area contributed by atoms with Crippen molar-refractivity contribution in [1.82, 2.24) is 10.2 Å². The standard InChI is InChI=1S/C21H24ClN3O3S/c1-29-9-8-15-16-17(19(27)25(18(16)26)12-4-2-3-5-12)21(24-15)13-10-11(22)6-7-14(13)23-20(21)28/h6-7,10,12,15-17,24H,2-5,8-9H2,1H3,(H,23,28)/t15-,16-,17-,21-/m1/s1. The van der Waals surface area contributed by atoms with Crippen molar-refractivity contribution in [2.45, 2.75) is 49.7 Å². The summed E-state index contributed by atoms with van der Waals surface area (Å²) >= 11 is 7.96. The highest BCUT2D eigenvalue weighted by Crippen LogP contribution is 2.54. The van der Waals surface area contributed by atoms with Crippen LogP contribution in [0.25, 0.3) is 0 Å². The lowest BCUT2D eigenvalue weighted by atomic mass is 9.76. The molecule has 3 amide bonds. The lowest BCUT2D eigenvalue weighted by Crippen LogP contribution is -2.54. The molecule has 2 saturated heterocycles. The van der Waals surface area contributed by atoms with Gasteiger partial charge in [-0.2, -0.15) is 11.8 Å². The zero-order valence-electron chi connectivity index (χ0n) is 16.2. The van der Waals surface area contributed by atoms with Crippen molar-refractivity contribution in [3.8, 4) is 0 Å². The van der Waals surface area contributed by atoms with Crippen molar-refractivity contribution in [3.05, 3.63) is 28.8 Å². The molecule has 2 N–H and O–H groups in total. The third-order valence-corrected chi connectivity index (χ3v) is 7.91. The molecule has 154 valence electrons. The smallest absolute Gasteiger partial charge is 0.250 e. The van der Waals surface area contributed by atoms with Gasteiger partial charge in [0, 0.05) is 28.4 Å². The Kier molecular flexibility index (Phi) is 4.68. The zero-order chi connectivity index (χ0) is 20.3. The third-order valence-electron chi connectivity index (χ3n) is 7.03. The number of carbonyl (C=O) groups excluding carboxylic acids is 3. The highest BCUT2D eigenvalue weighted by atomic mass is 35.5. The number of thioether (sulfide) groups is 1. The fourth-order valence-electron chi connectivity index (χ4n) is 5.81. The van der Waals surface area contributed by atoms with Crippen molar-refractivity contribution in [2.24, 2.45) is 11.8 Å². The first-order chi connectivity index (χ1) is 14.0. The van der Waals surface area contributed by atoms with E-state index in [2.05, 4.69) is 10.6 Å². The van der Waals surface area contributed by atoms with Crippen LogP contribution in [0.4, 0.5) is 5.69 Å². The first-order valence-electron chi connectivity index (χ1n) is 10.2. The molecule has 0 bridgehead atoms. The number of hydrogen-bond donors (Lipinski definition) is 2. The van der Waals surface area contributed by atoms with Crippen molar-refractivity contribution in [1.29, 1.82) is 0 Å². The second kappa shape index (κ2) is 7.00. The molecule has 1 spiro atoms. The quantitative estimate of drug-likeness (QED) is 0.714. The van der Waals surface area contributed by atoms with Gasteiger partial charge in [-0.15, -0.1) is 0 Å². The zero-order valence-corrected chi connectivity index (χ0v) is 17.8. The molecular weight excluding hydrogens is 410 g/mol. The van der Waals surface area contributed by atoms with Crippen LogP contribution in [-0.4, -0.2) is 46.7 Å². The molecule has 0 unspecified atom stereocenters. The number of carbonyl (C=O) groups is 3. The summed E-state index contributed by atoms with van der Waals surface area (Å²) in [5, 5.41) is 6.88. The van der Waals surface area contributed by atoms with E-state index >= 15 is 0 Å². The van der Waals surface area contributed by atoms with Gasteiger partial charge in [-0.25, -0.2) is 0 Å². The van der Waals surface area contributed by atoms with Crippen LogP contribution in [0.15, 0.2) is 18.2 Å². The number of likely N-dealkylation sites (tertiary alicyclic amines) is 1. The predicted molar refractivity (Wildman–Crippen MR) is 113 cm³/mol. The Bertz CT molecular complexity index is 903. The Hall–Kier alpha value is -1.57. The molecule has 0 aromatic heterocycles. The van der Waals surface area contributed by atoms with Crippen molar-refractivity contribution in [2.75, 3.05) is 17.3 Å². The van der Waals surface area contributed by atoms with E-state index in [1.165, 1.54) is 4.90 Å². The largest absolute Gasteiger partial charge is 0.324 e. The number of fused-ring (bicyclic) bond motifs is 4. The molecular formula is C21H24ClN3O3S. The Morgan fingerprint density at radius 3 is 2.69 bits per heavy atom. The number of benzene rings is 1. The van der Waals surface area contributed by atoms with Gasteiger partial charge in [0.05, 0.1) is 11.8 Å².